The van der Waals surface area contributed by atoms with Crippen molar-refractivity contribution >= 4 is 0 Å². The summed E-state index contributed by atoms with van der Waals surface area (Å²) in [5.74, 6) is 0. The number of alkyl halides is 1. The van der Waals surface area contributed by atoms with Crippen LogP contribution in [0.15, 0.2) is 0 Å². The average molecular weight is 194 g/mol. The molecule has 0 aromatic rings. The largest absolute Gasteiger partial charge is 0.412 e. The predicted octanol–water partition coefficient (Wildman–Crippen LogP) is 3.91. The first kappa shape index (κ1) is 18.6. The third-order valence-corrected chi connectivity index (χ3v) is 1.78. The van der Waals surface area contributed by atoms with Crippen LogP contribution < -0.4 is 0 Å². The Kier molecular flexibility index (Phi) is 25.6. The van der Waals surface area contributed by atoms with E-state index < -0.39 is 6.17 Å². The van der Waals surface area contributed by atoms with Crippen LogP contribution >= 0.6 is 0 Å². The van der Waals surface area contributed by atoms with E-state index in [1.54, 1.807) is 0 Å². The molecule has 0 aromatic heterocycles. The van der Waals surface area contributed by atoms with Crippen molar-refractivity contribution in [2.45, 2.75) is 72.4 Å². The van der Waals surface area contributed by atoms with Gasteiger partial charge in [0.1, 0.15) is 6.17 Å². The smallest absolute Gasteiger partial charge is 0.100 e. The van der Waals surface area contributed by atoms with Crippen LogP contribution in [0.3, 0.4) is 0 Å². The lowest BCUT2D eigenvalue weighted by molar-refractivity contribution is 0.301. The number of halogens is 1. The van der Waals surface area contributed by atoms with Gasteiger partial charge < -0.3 is 5.48 Å². The van der Waals surface area contributed by atoms with E-state index in [-0.39, 0.29) is 5.48 Å². The summed E-state index contributed by atoms with van der Waals surface area (Å²) in [4.78, 5) is 0. The Balaban J connectivity index is -0.000000178. The van der Waals surface area contributed by atoms with Gasteiger partial charge >= 0.3 is 0 Å². The van der Waals surface area contributed by atoms with E-state index >= 15 is 0 Å². The van der Waals surface area contributed by atoms with E-state index in [4.69, 9.17) is 0 Å². The Morgan fingerprint density at radius 3 is 1.38 bits per heavy atom. The zero-order chi connectivity index (χ0) is 9.82. The van der Waals surface area contributed by atoms with Gasteiger partial charge in [-0.2, -0.15) is 0 Å². The Hall–Kier alpha value is -0.110. The highest BCUT2D eigenvalue weighted by molar-refractivity contribution is 4.61. The van der Waals surface area contributed by atoms with Crippen molar-refractivity contribution in [2.75, 3.05) is 0 Å². The second-order valence-corrected chi connectivity index (χ2v) is 2.59. The lowest BCUT2D eigenvalue weighted by atomic mass is 10.2. The van der Waals surface area contributed by atoms with Crippen LogP contribution in [0.25, 0.3) is 0 Å². The first-order valence-corrected chi connectivity index (χ1v) is 5.53. The van der Waals surface area contributed by atoms with Crippen LogP contribution in [0.5, 0.6) is 0 Å². The lowest BCUT2D eigenvalue weighted by Crippen LogP contribution is -1.94. The molecule has 0 aliphatic heterocycles. The van der Waals surface area contributed by atoms with Crippen LogP contribution in [-0.4, -0.2) is 11.6 Å². The molecule has 1 nitrogen and oxygen atoms in total. The fourth-order valence-electron chi connectivity index (χ4n) is 1.23. The summed E-state index contributed by atoms with van der Waals surface area (Å²) >= 11 is 0. The van der Waals surface area contributed by atoms with Gasteiger partial charge in [-0.05, 0) is 12.8 Å². The molecule has 1 saturated carbocycles. The number of hydrogen-bond acceptors (Lipinski definition) is 0. The van der Waals surface area contributed by atoms with Crippen LogP contribution in [0.4, 0.5) is 4.39 Å². The van der Waals surface area contributed by atoms with Crippen molar-refractivity contribution in [3.8, 4) is 0 Å². The van der Waals surface area contributed by atoms with Gasteiger partial charge in [0.15, 0.2) is 0 Å². The second kappa shape index (κ2) is 17.8. The highest BCUT2D eigenvalue weighted by atomic mass is 19.1. The number of rotatable bonds is 0. The summed E-state index contributed by atoms with van der Waals surface area (Å²) in [6.45, 7) is 8.00. The molecular formula is C11H27FO. The predicted molar refractivity (Wildman–Crippen MR) is 58.9 cm³/mol. The first-order chi connectivity index (χ1) is 5.89. The summed E-state index contributed by atoms with van der Waals surface area (Å²) in [7, 11) is 0. The highest BCUT2D eigenvalue weighted by Crippen LogP contribution is 2.18. The van der Waals surface area contributed by atoms with Crippen molar-refractivity contribution in [1.82, 2.24) is 0 Å². The summed E-state index contributed by atoms with van der Waals surface area (Å²) in [5, 5.41) is 0. The highest BCUT2D eigenvalue weighted by Gasteiger charge is 2.08. The topological polar surface area (TPSA) is 31.5 Å². The van der Waals surface area contributed by atoms with Gasteiger partial charge in [0.25, 0.3) is 0 Å². The summed E-state index contributed by atoms with van der Waals surface area (Å²) < 4.78 is 12.4. The normalized spacial score (nSPS) is 16.4. The molecule has 0 saturated heterocycles. The average Bonchev–Trinajstić information content (AvgIpc) is 2.40. The van der Waals surface area contributed by atoms with E-state index in [9.17, 15) is 4.39 Å². The monoisotopic (exact) mass is 194 g/mol. The van der Waals surface area contributed by atoms with Crippen molar-refractivity contribution in [1.29, 1.82) is 0 Å². The molecular weight excluding hydrogens is 167 g/mol. The van der Waals surface area contributed by atoms with Gasteiger partial charge in [-0.15, -0.1) is 0 Å². The van der Waals surface area contributed by atoms with Crippen molar-refractivity contribution in [3.63, 3.8) is 0 Å². The standard InChI is InChI=1S/C7H13F.2C2H6.H2O/c8-7-5-3-1-2-4-6-7;2*1-2;/h7H,1-6H2;2*1-2H3;1H2. The zero-order valence-corrected chi connectivity index (χ0v) is 9.70. The second-order valence-electron chi connectivity index (χ2n) is 2.59. The van der Waals surface area contributed by atoms with Gasteiger partial charge in [0.2, 0.25) is 0 Å². The van der Waals surface area contributed by atoms with Gasteiger partial charge in [0, 0.05) is 0 Å². The molecule has 0 aromatic carbocycles. The maximum atomic E-state index is 12.4. The van der Waals surface area contributed by atoms with Crippen LogP contribution in [0, 0.1) is 0 Å². The van der Waals surface area contributed by atoms with Crippen LogP contribution in [-0.2, 0) is 0 Å². The van der Waals surface area contributed by atoms with E-state index in [1.165, 1.54) is 12.8 Å². The van der Waals surface area contributed by atoms with E-state index in [1.807, 2.05) is 27.7 Å². The van der Waals surface area contributed by atoms with Crippen LogP contribution in [0.1, 0.15) is 66.2 Å². The Labute approximate surface area is 83.0 Å². The molecule has 2 N–H and O–H groups in total. The van der Waals surface area contributed by atoms with Gasteiger partial charge in [-0.25, -0.2) is 4.39 Å². The molecule has 84 valence electrons. The van der Waals surface area contributed by atoms with Gasteiger partial charge in [0.05, 0.1) is 0 Å². The summed E-state index contributed by atoms with van der Waals surface area (Å²) in [5.41, 5.74) is 0. The van der Waals surface area contributed by atoms with Crippen LogP contribution in [0.2, 0.25) is 0 Å². The molecule has 1 fully saturated rings. The maximum Gasteiger partial charge on any atom is 0.100 e. The van der Waals surface area contributed by atoms with E-state index in [2.05, 4.69) is 0 Å². The minimum absolute atomic E-state index is 0. The van der Waals surface area contributed by atoms with Gasteiger partial charge in [-0.1, -0.05) is 53.4 Å². The first-order valence-electron chi connectivity index (χ1n) is 5.53. The zero-order valence-electron chi connectivity index (χ0n) is 9.70. The molecule has 0 heterocycles. The van der Waals surface area contributed by atoms with Crippen molar-refractivity contribution in [2.24, 2.45) is 0 Å². The van der Waals surface area contributed by atoms with Gasteiger partial charge in [-0.3, -0.25) is 0 Å². The van der Waals surface area contributed by atoms with Crippen molar-refractivity contribution < 1.29 is 9.87 Å². The third-order valence-electron chi connectivity index (χ3n) is 1.78. The Morgan fingerprint density at radius 2 is 1.08 bits per heavy atom. The SMILES string of the molecule is CC.CC.FC1CCCCCC1.O. The molecule has 2 heteroatoms. The lowest BCUT2D eigenvalue weighted by Gasteiger charge is -1.98. The number of hydrogen-bond donors (Lipinski definition) is 0. The fourth-order valence-corrected chi connectivity index (χ4v) is 1.23. The minimum Gasteiger partial charge on any atom is -0.412 e. The summed E-state index contributed by atoms with van der Waals surface area (Å²) in [6, 6.07) is 0. The molecule has 0 radical (unpaired) electrons. The molecule has 0 unspecified atom stereocenters. The molecule has 0 bridgehead atoms. The van der Waals surface area contributed by atoms with Crippen molar-refractivity contribution in [3.05, 3.63) is 0 Å². The Morgan fingerprint density at radius 1 is 0.769 bits per heavy atom. The minimum atomic E-state index is -0.475. The fraction of sp³-hybridized carbons (Fsp3) is 1.00. The van der Waals surface area contributed by atoms with E-state index in [0.717, 1.165) is 25.7 Å². The maximum absolute atomic E-state index is 12.4. The molecule has 1 aliphatic carbocycles. The molecule has 13 heavy (non-hydrogen) atoms. The molecule has 0 spiro atoms. The summed E-state index contributed by atoms with van der Waals surface area (Å²) in [6.07, 6.45) is 5.89. The molecule has 0 amide bonds. The quantitative estimate of drug-likeness (QED) is 0.524. The molecule has 1 rings (SSSR count). The van der Waals surface area contributed by atoms with E-state index in [0.29, 0.717) is 0 Å². The molecule has 1 aliphatic rings. The Bertz CT molecular complexity index is 59.1. The molecule has 0 atom stereocenters. The third kappa shape index (κ3) is 14.7.